The number of methoxy groups -OCH3 is 2. The van der Waals surface area contributed by atoms with E-state index in [4.69, 9.17) is 4.74 Å². The molecule has 94 valence electrons. The van der Waals surface area contributed by atoms with Crippen LogP contribution in [0.1, 0.15) is 11.7 Å². The summed E-state index contributed by atoms with van der Waals surface area (Å²) in [6.07, 6.45) is -1.29. The van der Waals surface area contributed by atoms with Gasteiger partial charge in [-0.3, -0.25) is 0 Å². The summed E-state index contributed by atoms with van der Waals surface area (Å²) in [5, 5.41) is 11.6. The minimum atomic E-state index is -1.29. The summed E-state index contributed by atoms with van der Waals surface area (Å²) in [4.78, 5) is 11.4. The van der Waals surface area contributed by atoms with Crippen molar-refractivity contribution in [2.24, 2.45) is 0 Å². The second kappa shape index (κ2) is 5.06. The number of carbonyl (C=O) groups is 1. The smallest absolute Gasteiger partial charge is 0.339 e. The third kappa shape index (κ3) is 2.02. The standard InChI is InChI=1S/C14H14O4/c1-17-12-8-7-11(13(15)14(16)18-2)9-5-3-4-6-10(9)12/h3-8,13,15H,1-2H3. The molecule has 1 unspecified atom stereocenters. The van der Waals surface area contributed by atoms with Gasteiger partial charge in [-0.25, -0.2) is 4.79 Å². The summed E-state index contributed by atoms with van der Waals surface area (Å²) in [6, 6.07) is 10.8. The topological polar surface area (TPSA) is 55.8 Å². The van der Waals surface area contributed by atoms with Gasteiger partial charge in [-0.05, 0) is 17.0 Å². The maximum Gasteiger partial charge on any atom is 0.339 e. The predicted octanol–water partition coefficient (Wildman–Crippen LogP) is 2.05. The number of aliphatic hydroxyl groups is 1. The van der Waals surface area contributed by atoms with Crippen LogP contribution in [-0.2, 0) is 9.53 Å². The van der Waals surface area contributed by atoms with Gasteiger partial charge in [-0.1, -0.05) is 30.3 Å². The van der Waals surface area contributed by atoms with Crippen molar-refractivity contribution in [2.75, 3.05) is 14.2 Å². The van der Waals surface area contributed by atoms with E-state index in [1.54, 1.807) is 19.2 Å². The van der Waals surface area contributed by atoms with Crippen molar-refractivity contribution >= 4 is 16.7 Å². The molecule has 4 nitrogen and oxygen atoms in total. The number of carbonyl (C=O) groups excluding carboxylic acids is 1. The largest absolute Gasteiger partial charge is 0.496 e. The van der Waals surface area contributed by atoms with Crippen LogP contribution in [0.3, 0.4) is 0 Å². The molecule has 0 saturated heterocycles. The van der Waals surface area contributed by atoms with Crippen LogP contribution < -0.4 is 4.74 Å². The van der Waals surface area contributed by atoms with Crippen molar-refractivity contribution in [1.82, 2.24) is 0 Å². The molecule has 0 fully saturated rings. The quantitative estimate of drug-likeness (QED) is 0.842. The van der Waals surface area contributed by atoms with Crippen LogP contribution in [0.25, 0.3) is 10.8 Å². The van der Waals surface area contributed by atoms with Gasteiger partial charge >= 0.3 is 5.97 Å². The van der Waals surface area contributed by atoms with Crippen molar-refractivity contribution in [3.8, 4) is 5.75 Å². The Kier molecular flexibility index (Phi) is 3.48. The average molecular weight is 246 g/mol. The number of hydrogen-bond acceptors (Lipinski definition) is 4. The minimum absolute atomic E-state index is 0.512. The number of aliphatic hydroxyl groups excluding tert-OH is 1. The molecule has 0 aliphatic carbocycles. The lowest BCUT2D eigenvalue weighted by Gasteiger charge is -2.13. The number of benzene rings is 2. The number of hydrogen-bond donors (Lipinski definition) is 1. The van der Waals surface area contributed by atoms with Crippen molar-refractivity contribution < 1.29 is 19.4 Å². The summed E-state index contributed by atoms with van der Waals surface area (Å²) in [5.41, 5.74) is 0.512. The zero-order valence-electron chi connectivity index (χ0n) is 10.2. The van der Waals surface area contributed by atoms with Crippen molar-refractivity contribution in [2.45, 2.75) is 6.10 Å². The fraction of sp³-hybridized carbons (Fsp3) is 0.214. The molecule has 0 aliphatic rings. The van der Waals surface area contributed by atoms with Gasteiger partial charge in [0, 0.05) is 5.39 Å². The highest BCUT2D eigenvalue weighted by molar-refractivity contribution is 5.94. The SMILES string of the molecule is COC(=O)C(O)c1ccc(OC)c2ccccc12. The van der Waals surface area contributed by atoms with Gasteiger partial charge in [0.05, 0.1) is 14.2 Å². The molecule has 0 bridgehead atoms. The zero-order chi connectivity index (χ0) is 13.1. The normalized spacial score (nSPS) is 12.2. The number of ether oxygens (including phenoxy) is 2. The van der Waals surface area contributed by atoms with Crippen LogP contribution >= 0.6 is 0 Å². The first-order valence-electron chi connectivity index (χ1n) is 5.50. The maximum atomic E-state index is 11.4. The molecule has 2 aromatic carbocycles. The van der Waals surface area contributed by atoms with Crippen LogP contribution in [-0.4, -0.2) is 25.3 Å². The molecule has 2 rings (SSSR count). The average Bonchev–Trinajstić information content (AvgIpc) is 2.44. The van der Waals surface area contributed by atoms with Crippen LogP contribution in [0.4, 0.5) is 0 Å². The molecule has 0 amide bonds. The lowest BCUT2D eigenvalue weighted by Crippen LogP contribution is -2.13. The van der Waals surface area contributed by atoms with Crippen LogP contribution in [0.5, 0.6) is 5.75 Å². The third-order valence-electron chi connectivity index (χ3n) is 2.86. The molecule has 0 aliphatic heterocycles. The monoisotopic (exact) mass is 246 g/mol. The summed E-state index contributed by atoms with van der Waals surface area (Å²) in [7, 11) is 2.83. The predicted molar refractivity (Wildman–Crippen MR) is 67.5 cm³/mol. The van der Waals surface area contributed by atoms with E-state index in [9.17, 15) is 9.90 Å². The number of rotatable bonds is 3. The maximum absolute atomic E-state index is 11.4. The highest BCUT2D eigenvalue weighted by atomic mass is 16.5. The molecule has 2 aromatic rings. The van der Waals surface area contributed by atoms with Gasteiger partial charge in [0.2, 0.25) is 0 Å². The van der Waals surface area contributed by atoms with Gasteiger partial charge in [-0.15, -0.1) is 0 Å². The van der Waals surface area contributed by atoms with E-state index in [-0.39, 0.29) is 0 Å². The van der Waals surface area contributed by atoms with E-state index >= 15 is 0 Å². The van der Waals surface area contributed by atoms with Crippen LogP contribution in [0, 0.1) is 0 Å². The fourth-order valence-electron chi connectivity index (χ4n) is 1.95. The first-order chi connectivity index (χ1) is 8.69. The van der Waals surface area contributed by atoms with Gasteiger partial charge < -0.3 is 14.6 Å². The Balaban J connectivity index is 2.63. The summed E-state index contributed by atoms with van der Waals surface area (Å²) < 4.78 is 9.80. The summed E-state index contributed by atoms with van der Waals surface area (Å²) in [5.74, 6) is 0.0248. The van der Waals surface area contributed by atoms with Crippen molar-refractivity contribution in [1.29, 1.82) is 0 Å². The molecule has 0 saturated carbocycles. The van der Waals surface area contributed by atoms with Crippen LogP contribution in [0.15, 0.2) is 36.4 Å². The molecule has 1 atom stereocenters. The molecule has 0 heterocycles. The second-order valence-electron chi connectivity index (χ2n) is 3.83. The molecular weight excluding hydrogens is 232 g/mol. The Hall–Kier alpha value is -2.07. The lowest BCUT2D eigenvalue weighted by molar-refractivity contribution is -0.150. The molecule has 1 N–H and O–H groups in total. The van der Waals surface area contributed by atoms with Gasteiger partial charge in [0.1, 0.15) is 5.75 Å². The Morgan fingerprint density at radius 3 is 2.39 bits per heavy atom. The highest BCUT2D eigenvalue weighted by Crippen LogP contribution is 2.31. The van der Waals surface area contributed by atoms with E-state index in [1.807, 2.05) is 24.3 Å². The fourth-order valence-corrected chi connectivity index (χ4v) is 1.95. The van der Waals surface area contributed by atoms with E-state index in [1.165, 1.54) is 7.11 Å². The first kappa shape index (κ1) is 12.4. The number of fused-ring (bicyclic) bond motifs is 1. The summed E-state index contributed by atoms with van der Waals surface area (Å²) in [6.45, 7) is 0. The lowest BCUT2D eigenvalue weighted by atomic mass is 9.99. The molecule has 0 aromatic heterocycles. The second-order valence-corrected chi connectivity index (χ2v) is 3.83. The minimum Gasteiger partial charge on any atom is -0.496 e. The van der Waals surface area contributed by atoms with Crippen molar-refractivity contribution in [3.05, 3.63) is 42.0 Å². The van der Waals surface area contributed by atoms with E-state index in [0.717, 1.165) is 10.8 Å². The van der Waals surface area contributed by atoms with Gasteiger partial charge in [0.25, 0.3) is 0 Å². The Morgan fingerprint density at radius 1 is 1.11 bits per heavy atom. The first-order valence-corrected chi connectivity index (χ1v) is 5.50. The molecule has 0 spiro atoms. The van der Waals surface area contributed by atoms with Gasteiger partial charge in [0.15, 0.2) is 6.10 Å². The Labute approximate surface area is 105 Å². The van der Waals surface area contributed by atoms with Crippen molar-refractivity contribution in [3.63, 3.8) is 0 Å². The van der Waals surface area contributed by atoms with E-state index in [2.05, 4.69) is 4.74 Å². The van der Waals surface area contributed by atoms with E-state index in [0.29, 0.717) is 11.3 Å². The zero-order valence-corrected chi connectivity index (χ0v) is 10.2. The van der Waals surface area contributed by atoms with Gasteiger partial charge in [-0.2, -0.15) is 0 Å². The third-order valence-corrected chi connectivity index (χ3v) is 2.86. The molecule has 4 heteroatoms. The molecular formula is C14H14O4. The Morgan fingerprint density at radius 2 is 1.78 bits per heavy atom. The summed E-state index contributed by atoms with van der Waals surface area (Å²) >= 11 is 0. The Bertz CT molecular complexity index is 577. The van der Waals surface area contributed by atoms with E-state index < -0.39 is 12.1 Å². The molecule has 18 heavy (non-hydrogen) atoms. The highest BCUT2D eigenvalue weighted by Gasteiger charge is 2.20. The number of esters is 1. The molecule has 0 radical (unpaired) electrons. The van der Waals surface area contributed by atoms with Crippen LogP contribution in [0.2, 0.25) is 0 Å².